The topological polar surface area (TPSA) is 80.6 Å². The molecule has 0 heterocycles. The van der Waals surface area contributed by atoms with Gasteiger partial charge in [0.05, 0.1) is 0 Å². The zero-order valence-corrected chi connectivity index (χ0v) is 4.65. The average molecular weight is 143 g/mol. The van der Waals surface area contributed by atoms with Crippen LogP contribution in [0.15, 0.2) is 3.77 Å². The second-order valence-electron chi connectivity index (χ2n) is 0.537. The van der Waals surface area contributed by atoms with Crippen LogP contribution in [-0.4, -0.2) is 16.8 Å². The maximum atomic E-state index is 9.29. The molecule has 0 aliphatic heterocycles. The molecule has 0 fully saturated rings. The fourth-order valence-corrected chi connectivity index (χ4v) is 0.490. The molecule has 0 aliphatic rings. The molecule has 0 bridgehead atoms. The Labute approximate surface area is 42.8 Å². The quantitative estimate of drug-likeness (QED) is 0.456. The van der Waals surface area contributed by atoms with Crippen molar-refractivity contribution in [3.8, 4) is 0 Å². The molecule has 7 heavy (non-hydrogen) atoms. The fraction of sp³-hybridized carbons (Fsp3) is 0. The van der Waals surface area contributed by atoms with Crippen LogP contribution in [0.1, 0.15) is 0 Å². The molecule has 7 heteroatoms. The van der Waals surface area contributed by atoms with Gasteiger partial charge in [0.1, 0.15) is 0 Å². The number of hydrogen-bond donors (Lipinski definition) is 1. The van der Waals surface area contributed by atoms with E-state index in [9.17, 15) is 16.8 Å². The van der Waals surface area contributed by atoms with E-state index in [2.05, 4.69) is 3.77 Å². The van der Waals surface area contributed by atoms with Gasteiger partial charge in [-0.3, -0.25) is 0 Å². The molecule has 0 spiro atoms. The van der Waals surface area contributed by atoms with E-state index in [1.54, 1.807) is 0 Å². The third-order valence-electron chi connectivity index (χ3n) is 0.133. The summed E-state index contributed by atoms with van der Waals surface area (Å²) >= 11 is 0. The van der Waals surface area contributed by atoms with Crippen molar-refractivity contribution >= 4 is 21.4 Å². The minimum atomic E-state index is -3.13. The van der Waals surface area contributed by atoms with Crippen molar-refractivity contribution in [3.05, 3.63) is 0 Å². The lowest BCUT2D eigenvalue weighted by Gasteiger charge is -1.51. The molecular weight excluding hydrogens is 142 g/mol. The minimum Gasteiger partial charge on any atom is -0.207 e. The van der Waals surface area contributed by atoms with Crippen molar-refractivity contribution in [2.75, 3.05) is 0 Å². The van der Waals surface area contributed by atoms with Crippen molar-refractivity contribution in [3.63, 3.8) is 0 Å². The maximum Gasteiger partial charge on any atom is 0.326 e. The summed E-state index contributed by atoms with van der Waals surface area (Å²) in [6.45, 7) is 0. The summed E-state index contributed by atoms with van der Waals surface area (Å²) in [7, 11) is -5.94. The first-order valence-corrected chi connectivity index (χ1v) is 3.24. The molecule has 0 radical (unpaired) electrons. The molecule has 0 aliphatic carbocycles. The first kappa shape index (κ1) is 6.57. The smallest absolute Gasteiger partial charge is 0.207 e. The highest BCUT2D eigenvalue weighted by Gasteiger charge is 1.69. The molecule has 0 saturated heterocycles. The number of rotatable bonds is 1. The Morgan fingerprint density at radius 1 is 1.29 bits per heavy atom. The van der Waals surface area contributed by atoms with Gasteiger partial charge in [0.2, 0.25) is 0 Å². The predicted molar refractivity (Wildman–Crippen MR) is 21.7 cm³/mol. The molecule has 0 aromatic carbocycles. The summed E-state index contributed by atoms with van der Waals surface area (Å²) < 4.78 is 39.2. The lowest BCUT2D eigenvalue weighted by molar-refractivity contribution is 0.612. The lowest BCUT2D eigenvalue weighted by Crippen LogP contribution is -1.61. The van der Waals surface area contributed by atoms with Crippen LogP contribution in [-0.2, 0) is 21.4 Å². The average Bonchev–Trinajstić information content (AvgIpc) is 1.27. The normalized spacial score (nSPS) is 8.71. The summed E-state index contributed by atoms with van der Waals surface area (Å²) in [4.78, 5) is 0. The van der Waals surface area contributed by atoms with Gasteiger partial charge in [0.15, 0.2) is 0 Å². The van der Waals surface area contributed by atoms with Crippen molar-refractivity contribution in [1.29, 1.82) is 0 Å². The van der Waals surface area contributed by atoms with Crippen LogP contribution in [0.4, 0.5) is 0 Å². The molecule has 5 nitrogen and oxygen atoms in total. The summed E-state index contributed by atoms with van der Waals surface area (Å²) in [5.74, 6) is 0. The third-order valence-corrected chi connectivity index (χ3v) is 1.20. The Morgan fingerprint density at radius 3 is 1.71 bits per heavy atom. The van der Waals surface area contributed by atoms with Crippen LogP contribution in [0.3, 0.4) is 0 Å². The molecule has 0 atom stereocenters. The highest BCUT2D eigenvalue weighted by molar-refractivity contribution is 7.79. The van der Waals surface area contributed by atoms with E-state index < -0.39 is 21.4 Å². The van der Waals surface area contributed by atoms with E-state index in [1.165, 1.54) is 0 Å². The van der Waals surface area contributed by atoms with Crippen LogP contribution in [0.5, 0.6) is 0 Å². The SMILES string of the molecule is O=S(=O)=N[SH](=O)=O. The fourth-order valence-electron chi connectivity index (χ4n) is 0.0544. The maximum absolute atomic E-state index is 9.29. The lowest BCUT2D eigenvalue weighted by atomic mass is 13.9. The molecule has 0 amide bonds. The standard InChI is InChI=1S/HNO4S2/c2-6(3)1-7(4)5/h6H. The molecular formula is HNO4S2. The van der Waals surface area contributed by atoms with Crippen LogP contribution in [0.25, 0.3) is 0 Å². The predicted octanol–water partition coefficient (Wildman–Crippen LogP) is -1.42. The minimum absolute atomic E-state index is 2.15. The number of nitrogens with zero attached hydrogens (tertiary/aromatic N) is 1. The zero-order chi connectivity index (χ0) is 5.86. The summed E-state index contributed by atoms with van der Waals surface area (Å²) in [6.07, 6.45) is 0. The molecule has 0 N–H and O–H groups in total. The molecule has 0 unspecified atom stereocenters. The van der Waals surface area contributed by atoms with Gasteiger partial charge >= 0.3 is 10.5 Å². The molecule has 0 rings (SSSR count). The summed E-state index contributed by atoms with van der Waals surface area (Å²) in [5, 5.41) is 0. The number of hydrogen-bond acceptors (Lipinski definition) is 4. The monoisotopic (exact) mass is 143 g/mol. The summed E-state index contributed by atoms with van der Waals surface area (Å²) in [6, 6.07) is 0. The number of thiol groups is 1. The van der Waals surface area contributed by atoms with E-state index in [0.717, 1.165) is 0 Å². The molecule has 0 aromatic rings. The first-order chi connectivity index (χ1) is 3.13. The summed E-state index contributed by atoms with van der Waals surface area (Å²) in [5.41, 5.74) is 0. The van der Waals surface area contributed by atoms with Crippen molar-refractivity contribution in [1.82, 2.24) is 0 Å². The van der Waals surface area contributed by atoms with Crippen LogP contribution in [0.2, 0.25) is 0 Å². The van der Waals surface area contributed by atoms with E-state index in [-0.39, 0.29) is 0 Å². The van der Waals surface area contributed by atoms with Crippen molar-refractivity contribution < 1.29 is 16.8 Å². The van der Waals surface area contributed by atoms with Gasteiger partial charge in [-0.15, -0.1) is 0 Å². The largest absolute Gasteiger partial charge is 0.326 e. The Balaban J connectivity index is 4.61. The van der Waals surface area contributed by atoms with Gasteiger partial charge in [-0.05, 0) is 3.77 Å². The van der Waals surface area contributed by atoms with Gasteiger partial charge in [0, 0.05) is 0 Å². The second-order valence-corrected chi connectivity index (χ2v) is 2.10. The van der Waals surface area contributed by atoms with E-state index in [1.807, 2.05) is 0 Å². The highest BCUT2D eigenvalue weighted by atomic mass is 32.2. The van der Waals surface area contributed by atoms with Crippen LogP contribution >= 0.6 is 0 Å². The molecule has 42 valence electrons. The van der Waals surface area contributed by atoms with Crippen LogP contribution < -0.4 is 0 Å². The van der Waals surface area contributed by atoms with Crippen LogP contribution in [0, 0.1) is 0 Å². The second kappa shape index (κ2) is 2.69. The van der Waals surface area contributed by atoms with E-state index in [4.69, 9.17) is 0 Å². The highest BCUT2D eigenvalue weighted by Crippen LogP contribution is 1.59. The first-order valence-electron chi connectivity index (χ1n) is 1.08. The third kappa shape index (κ3) is 5.57. The Hall–Kier alpha value is -0.430. The van der Waals surface area contributed by atoms with Crippen molar-refractivity contribution in [2.45, 2.75) is 0 Å². The van der Waals surface area contributed by atoms with Crippen molar-refractivity contribution in [2.24, 2.45) is 3.77 Å². The Kier molecular flexibility index (Phi) is 2.53. The molecule has 0 saturated carbocycles. The van der Waals surface area contributed by atoms with Gasteiger partial charge in [-0.25, -0.2) is 8.42 Å². The van der Waals surface area contributed by atoms with Gasteiger partial charge in [-0.2, -0.15) is 8.42 Å². The van der Waals surface area contributed by atoms with Gasteiger partial charge < -0.3 is 0 Å². The van der Waals surface area contributed by atoms with E-state index in [0.29, 0.717) is 0 Å². The van der Waals surface area contributed by atoms with E-state index >= 15 is 0 Å². The van der Waals surface area contributed by atoms with Gasteiger partial charge in [-0.1, -0.05) is 0 Å². The Morgan fingerprint density at radius 2 is 1.71 bits per heavy atom. The zero-order valence-electron chi connectivity index (χ0n) is 2.94. The molecule has 0 aromatic heterocycles. The van der Waals surface area contributed by atoms with Gasteiger partial charge in [0.25, 0.3) is 10.9 Å². The Bertz CT molecular complexity index is 212.